The summed E-state index contributed by atoms with van der Waals surface area (Å²) >= 11 is 1.53. The molecule has 0 spiro atoms. The van der Waals surface area contributed by atoms with Gasteiger partial charge < -0.3 is 5.32 Å². The van der Waals surface area contributed by atoms with Crippen LogP contribution in [0.1, 0.15) is 16.8 Å². The zero-order valence-corrected chi connectivity index (χ0v) is 14.8. The highest BCUT2D eigenvalue weighted by molar-refractivity contribution is 7.13. The molecule has 3 aromatic rings. The minimum Gasteiger partial charge on any atom is -0.355 e. The van der Waals surface area contributed by atoms with Crippen molar-refractivity contribution >= 4 is 17.2 Å². The molecule has 2 aromatic carbocycles. The monoisotopic (exact) mass is 354 g/mol. The predicted molar refractivity (Wildman–Crippen MR) is 99.1 cm³/mol. The highest BCUT2D eigenvalue weighted by Gasteiger charge is 2.07. The van der Waals surface area contributed by atoms with Crippen LogP contribution in [0.5, 0.6) is 0 Å². The lowest BCUT2D eigenvalue weighted by Crippen LogP contribution is -2.27. The molecular weight excluding hydrogens is 335 g/mol. The molecule has 0 bridgehead atoms. The van der Waals surface area contributed by atoms with E-state index in [1.54, 1.807) is 12.1 Å². The molecule has 0 unspecified atom stereocenters. The molecule has 0 atom stereocenters. The van der Waals surface area contributed by atoms with Gasteiger partial charge in [-0.1, -0.05) is 29.8 Å². The topological polar surface area (TPSA) is 42.0 Å². The third kappa shape index (κ3) is 4.97. The van der Waals surface area contributed by atoms with Crippen LogP contribution in [0.2, 0.25) is 0 Å². The van der Waals surface area contributed by atoms with Crippen LogP contribution in [-0.4, -0.2) is 17.4 Å². The molecule has 0 saturated heterocycles. The first-order valence-electron chi connectivity index (χ1n) is 8.13. The number of aryl methyl sites for hydroxylation is 1. The summed E-state index contributed by atoms with van der Waals surface area (Å²) in [5, 5.41) is 5.77. The van der Waals surface area contributed by atoms with E-state index in [2.05, 4.69) is 10.3 Å². The molecule has 0 fully saturated rings. The average Bonchev–Trinajstić information content (AvgIpc) is 3.04. The van der Waals surface area contributed by atoms with E-state index in [1.807, 2.05) is 36.6 Å². The smallest absolute Gasteiger partial charge is 0.224 e. The van der Waals surface area contributed by atoms with Gasteiger partial charge in [0.15, 0.2) is 0 Å². The SMILES string of the molecule is Cc1cccc(CC(=O)NCCc2csc(-c3ccc(F)cc3)n2)c1. The van der Waals surface area contributed by atoms with Crippen LogP contribution in [0.15, 0.2) is 53.9 Å². The summed E-state index contributed by atoms with van der Waals surface area (Å²) in [7, 11) is 0. The Morgan fingerprint density at radius 2 is 2.00 bits per heavy atom. The van der Waals surface area contributed by atoms with E-state index in [0.717, 1.165) is 27.4 Å². The molecule has 1 amide bonds. The van der Waals surface area contributed by atoms with Crippen molar-refractivity contribution in [2.45, 2.75) is 19.8 Å². The number of hydrogen-bond donors (Lipinski definition) is 1. The molecule has 3 rings (SSSR count). The summed E-state index contributed by atoms with van der Waals surface area (Å²) in [5.74, 6) is -0.239. The van der Waals surface area contributed by atoms with Gasteiger partial charge in [-0.05, 0) is 36.8 Å². The Bertz CT molecular complexity index is 858. The summed E-state index contributed by atoms with van der Waals surface area (Å²) in [6.07, 6.45) is 1.07. The van der Waals surface area contributed by atoms with Gasteiger partial charge in [-0.3, -0.25) is 4.79 Å². The zero-order chi connectivity index (χ0) is 17.6. The molecular formula is C20H19FN2OS. The average molecular weight is 354 g/mol. The van der Waals surface area contributed by atoms with Crippen molar-refractivity contribution in [3.05, 3.63) is 76.5 Å². The Morgan fingerprint density at radius 1 is 1.20 bits per heavy atom. The molecule has 5 heteroatoms. The van der Waals surface area contributed by atoms with E-state index < -0.39 is 0 Å². The van der Waals surface area contributed by atoms with Gasteiger partial charge in [0, 0.05) is 23.9 Å². The van der Waals surface area contributed by atoms with Gasteiger partial charge >= 0.3 is 0 Å². The van der Waals surface area contributed by atoms with Crippen molar-refractivity contribution in [3.8, 4) is 10.6 Å². The van der Waals surface area contributed by atoms with Crippen LogP contribution in [-0.2, 0) is 17.6 Å². The number of nitrogens with one attached hydrogen (secondary N) is 1. The van der Waals surface area contributed by atoms with Crippen molar-refractivity contribution in [1.29, 1.82) is 0 Å². The molecule has 25 heavy (non-hydrogen) atoms. The standard InChI is InChI=1S/C20H19FN2OS/c1-14-3-2-4-15(11-14)12-19(24)22-10-9-18-13-25-20(23-18)16-5-7-17(21)8-6-16/h2-8,11,13H,9-10,12H2,1H3,(H,22,24). The number of aromatic nitrogens is 1. The second kappa shape index (κ2) is 8.03. The van der Waals surface area contributed by atoms with Gasteiger partial charge in [-0.2, -0.15) is 0 Å². The summed E-state index contributed by atoms with van der Waals surface area (Å²) in [4.78, 5) is 16.6. The number of amides is 1. The van der Waals surface area contributed by atoms with Gasteiger partial charge in [0.2, 0.25) is 5.91 Å². The summed E-state index contributed by atoms with van der Waals surface area (Å²) in [6, 6.07) is 14.3. The van der Waals surface area contributed by atoms with E-state index in [0.29, 0.717) is 19.4 Å². The van der Waals surface area contributed by atoms with Crippen molar-refractivity contribution in [1.82, 2.24) is 10.3 Å². The Kier molecular flexibility index (Phi) is 5.56. The molecule has 0 radical (unpaired) electrons. The third-order valence-electron chi connectivity index (χ3n) is 3.79. The number of hydrogen-bond acceptors (Lipinski definition) is 3. The Balaban J connectivity index is 1.49. The highest BCUT2D eigenvalue weighted by Crippen LogP contribution is 2.23. The van der Waals surface area contributed by atoms with E-state index >= 15 is 0 Å². The Labute approximate surface area is 150 Å². The molecule has 0 aliphatic carbocycles. The molecule has 1 heterocycles. The van der Waals surface area contributed by atoms with Crippen LogP contribution in [0.4, 0.5) is 4.39 Å². The van der Waals surface area contributed by atoms with Gasteiger partial charge in [0.1, 0.15) is 10.8 Å². The number of halogens is 1. The van der Waals surface area contributed by atoms with Gasteiger partial charge in [-0.25, -0.2) is 9.37 Å². The minimum absolute atomic E-state index is 0.0135. The molecule has 1 N–H and O–H groups in total. The molecule has 128 valence electrons. The van der Waals surface area contributed by atoms with Gasteiger partial charge in [0.25, 0.3) is 0 Å². The largest absolute Gasteiger partial charge is 0.355 e. The molecule has 0 saturated carbocycles. The Hall–Kier alpha value is -2.53. The lowest BCUT2D eigenvalue weighted by molar-refractivity contribution is -0.120. The van der Waals surface area contributed by atoms with Crippen LogP contribution >= 0.6 is 11.3 Å². The van der Waals surface area contributed by atoms with Crippen molar-refractivity contribution in [2.75, 3.05) is 6.54 Å². The van der Waals surface area contributed by atoms with Crippen LogP contribution in [0.25, 0.3) is 10.6 Å². The lowest BCUT2D eigenvalue weighted by atomic mass is 10.1. The van der Waals surface area contributed by atoms with Crippen LogP contribution < -0.4 is 5.32 Å². The van der Waals surface area contributed by atoms with E-state index in [-0.39, 0.29) is 11.7 Å². The lowest BCUT2D eigenvalue weighted by Gasteiger charge is -2.05. The maximum Gasteiger partial charge on any atom is 0.224 e. The summed E-state index contributed by atoms with van der Waals surface area (Å²) in [6.45, 7) is 2.57. The van der Waals surface area contributed by atoms with E-state index in [4.69, 9.17) is 0 Å². The fraction of sp³-hybridized carbons (Fsp3) is 0.200. The highest BCUT2D eigenvalue weighted by atomic mass is 32.1. The number of benzene rings is 2. The molecule has 1 aromatic heterocycles. The number of thiazole rings is 1. The normalized spacial score (nSPS) is 10.6. The first-order valence-corrected chi connectivity index (χ1v) is 9.01. The second-order valence-electron chi connectivity index (χ2n) is 5.92. The Morgan fingerprint density at radius 3 is 2.76 bits per heavy atom. The quantitative estimate of drug-likeness (QED) is 0.722. The number of nitrogens with zero attached hydrogens (tertiary/aromatic N) is 1. The van der Waals surface area contributed by atoms with Crippen molar-refractivity contribution in [3.63, 3.8) is 0 Å². The zero-order valence-electron chi connectivity index (χ0n) is 14.0. The fourth-order valence-electron chi connectivity index (χ4n) is 2.55. The van der Waals surface area contributed by atoms with Crippen molar-refractivity contribution in [2.24, 2.45) is 0 Å². The fourth-order valence-corrected chi connectivity index (χ4v) is 3.41. The first-order chi connectivity index (χ1) is 12.1. The number of carbonyl (C=O) groups excluding carboxylic acids is 1. The number of carbonyl (C=O) groups is 1. The first kappa shape index (κ1) is 17.3. The van der Waals surface area contributed by atoms with E-state index in [9.17, 15) is 9.18 Å². The summed E-state index contributed by atoms with van der Waals surface area (Å²) in [5.41, 5.74) is 4.01. The minimum atomic E-state index is -0.253. The molecule has 0 aliphatic rings. The maximum atomic E-state index is 13.0. The summed E-state index contributed by atoms with van der Waals surface area (Å²) < 4.78 is 13.0. The van der Waals surface area contributed by atoms with E-state index in [1.165, 1.54) is 23.5 Å². The van der Waals surface area contributed by atoms with Crippen molar-refractivity contribution < 1.29 is 9.18 Å². The van der Waals surface area contributed by atoms with Gasteiger partial charge in [-0.15, -0.1) is 11.3 Å². The predicted octanol–water partition coefficient (Wildman–Crippen LogP) is 4.16. The van der Waals surface area contributed by atoms with Crippen LogP contribution in [0, 0.1) is 12.7 Å². The van der Waals surface area contributed by atoms with Gasteiger partial charge in [0.05, 0.1) is 12.1 Å². The molecule has 3 nitrogen and oxygen atoms in total. The maximum absolute atomic E-state index is 13.0. The third-order valence-corrected chi connectivity index (χ3v) is 4.73. The second-order valence-corrected chi connectivity index (χ2v) is 6.77. The molecule has 0 aliphatic heterocycles. The van der Waals surface area contributed by atoms with Crippen LogP contribution in [0.3, 0.4) is 0 Å². The number of rotatable bonds is 6.